The first-order chi connectivity index (χ1) is 17.9. The number of rotatable bonds is 7. The SMILES string of the molecule is Cc1cccc(C2COC(=O)N2C2CCN(Cc3ccc(Sc4ccc(C(=O)O)cc4)nc3C)CC2)c1. The molecule has 37 heavy (non-hydrogen) atoms. The van der Waals surface area contributed by atoms with E-state index in [2.05, 4.69) is 36.1 Å². The summed E-state index contributed by atoms with van der Waals surface area (Å²) >= 11 is 1.52. The van der Waals surface area contributed by atoms with E-state index in [9.17, 15) is 9.59 Å². The van der Waals surface area contributed by atoms with Crippen LogP contribution in [0.2, 0.25) is 0 Å². The maximum Gasteiger partial charge on any atom is 0.410 e. The molecular weight excluding hydrogens is 486 g/mol. The summed E-state index contributed by atoms with van der Waals surface area (Å²) in [4.78, 5) is 33.8. The van der Waals surface area contributed by atoms with E-state index in [0.29, 0.717) is 6.61 Å². The highest BCUT2D eigenvalue weighted by molar-refractivity contribution is 7.99. The molecule has 1 amide bonds. The van der Waals surface area contributed by atoms with Gasteiger partial charge in [0.15, 0.2) is 0 Å². The smallest absolute Gasteiger partial charge is 0.410 e. The Bertz CT molecular complexity index is 1290. The molecular formula is C29H31N3O4S. The number of carbonyl (C=O) groups is 2. The van der Waals surface area contributed by atoms with Gasteiger partial charge in [0.25, 0.3) is 0 Å². The zero-order valence-electron chi connectivity index (χ0n) is 21.1. The summed E-state index contributed by atoms with van der Waals surface area (Å²) in [5, 5.41) is 9.96. The second-order valence-corrected chi connectivity index (χ2v) is 10.8. The van der Waals surface area contributed by atoms with Crippen LogP contribution in [-0.2, 0) is 11.3 Å². The number of hydrogen-bond acceptors (Lipinski definition) is 6. The first-order valence-corrected chi connectivity index (χ1v) is 13.4. The molecule has 0 radical (unpaired) electrons. The molecule has 5 rings (SSSR count). The third-order valence-electron chi connectivity index (χ3n) is 7.18. The molecule has 2 aliphatic heterocycles. The maximum absolute atomic E-state index is 12.6. The highest BCUT2D eigenvalue weighted by atomic mass is 32.2. The quantitative estimate of drug-likeness (QED) is 0.430. The van der Waals surface area contributed by atoms with Crippen molar-refractivity contribution < 1.29 is 19.4 Å². The van der Waals surface area contributed by atoms with Gasteiger partial charge in [0.2, 0.25) is 0 Å². The van der Waals surface area contributed by atoms with Crippen LogP contribution in [0.15, 0.2) is 70.6 Å². The van der Waals surface area contributed by atoms with Crippen molar-refractivity contribution in [1.82, 2.24) is 14.8 Å². The fourth-order valence-electron chi connectivity index (χ4n) is 5.14. The van der Waals surface area contributed by atoms with E-state index in [4.69, 9.17) is 14.8 Å². The van der Waals surface area contributed by atoms with E-state index in [-0.39, 0.29) is 23.7 Å². The van der Waals surface area contributed by atoms with Crippen molar-refractivity contribution in [1.29, 1.82) is 0 Å². The fraction of sp³-hybridized carbons (Fsp3) is 0.345. The predicted octanol–water partition coefficient (Wildman–Crippen LogP) is 5.71. The number of benzene rings is 2. The number of likely N-dealkylation sites (tertiary alicyclic amines) is 1. The molecule has 0 aliphatic carbocycles. The van der Waals surface area contributed by atoms with E-state index in [1.54, 1.807) is 12.1 Å². The predicted molar refractivity (Wildman–Crippen MR) is 142 cm³/mol. The molecule has 0 saturated carbocycles. The first-order valence-electron chi connectivity index (χ1n) is 12.6. The second kappa shape index (κ2) is 10.9. The number of carboxylic acid groups (broad SMARTS) is 1. The molecule has 2 fully saturated rings. The summed E-state index contributed by atoms with van der Waals surface area (Å²) in [6.45, 7) is 7.19. The largest absolute Gasteiger partial charge is 0.478 e. The summed E-state index contributed by atoms with van der Waals surface area (Å²) in [5.41, 5.74) is 4.81. The average Bonchev–Trinajstić information content (AvgIpc) is 3.28. The minimum absolute atomic E-state index is 0.0132. The second-order valence-electron chi connectivity index (χ2n) is 9.75. The Balaban J connectivity index is 1.18. The van der Waals surface area contributed by atoms with Crippen LogP contribution in [0.3, 0.4) is 0 Å². The van der Waals surface area contributed by atoms with Gasteiger partial charge in [-0.2, -0.15) is 0 Å². The van der Waals surface area contributed by atoms with E-state index in [1.165, 1.54) is 22.9 Å². The number of pyridine rings is 1. The molecule has 1 N–H and O–H groups in total. The van der Waals surface area contributed by atoms with Crippen molar-refractivity contribution in [3.05, 3.63) is 88.6 Å². The number of aromatic nitrogens is 1. The van der Waals surface area contributed by atoms with Gasteiger partial charge in [0.05, 0.1) is 11.6 Å². The van der Waals surface area contributed by atoms with Crippen molar-refractivity contribution in [2.45, 2.75) is 55.2 Å². The molecule has 2 aliphatic rings. The summed E-state index contributed by atoms with van der Waals surface area (Å²) in [6.07, 6.45) is 1.64. The topological polar surface area (TPSA) is 83.0 Å². The van der Waals surface area contributed by atoms with Crippen LogP contribution >= 0.6 is 11.8 Å². The van der Waals surface area contributed by atoms with Crippen LogP contribution < -0.4 is 0 Å². The Morgan fingerprint density at radius 2 is 1.84 bits per heavy atom. The number of aromatic carboxylic acids is 1. The molecule has 3 heterocycles. The number of piperidine rings is 1. The third-order valence-corrected chi connectivity index (χ3v) is 8.12. The van der Waals surface area contributed by atoms with Crippen LogP contribution in [0.1, 0.15) is 51.6 Å². The molecule has 7 nitrogen and oxygen atoms in total. The Hall–Kier alpha value is -3.36. The van der Waals surface area contributed by atoms with Gasteiger partial charge in [-0.05, 0) is 68.1 Å². The van der Waals surface area contributed by atoms with Gasteiger partial charge in [-0.25, -0.2) is 14.6 Å². The highest BCUT2D eigenvalue weighted by Gasteiger charge is 2.40. The van der Waals surface area contributed by atoms with Crippen LogP contribution in [-0.4, -0.2) is 57.7 Å². The molecule has 0 bridgehead atoms. The van der Waals surface area contributed by atoms with Crippen molar-refractivity contribution in [3.8, 4) is 0 Å². The van der Waals surface area contributed by atoms with Crippen LogP contribution in [0.5, 0.6) is 0 Å². The third kappa shape index (κ3) is 5.81. The minimum atomic E-state index is -0.926. The fourth-order valence-corrected chi connectivity index (χ4v) is 5.98. The van der Waals surface area contributed by atoms with Crippen molar-refractivity contribution in [2.75, 3.05) is 19.7 Å². The van der Waals surface area contributed by atoms with Gasteiger partial charge < -0.3 is 9.84 Å². The molecule has 2 saturated heterocycles. The van der Waals surface area contributed by atoms with Crippen LogP contribution in [0.25, 0.3) is 0 Å². The van der Waals surface area contributed by atoms with E-state index in [0.717, 1.165) is 53.7 Å². The Labute approximate surface area is 221 Å². The lowest BCUT2D eigenvalue weighted by molar-refractivity contribution is 0.0696. The summed E-state index contributed by atoms with van der Waals surface area (Å²) in [7, 11) is 0. The van der Waals surface area contributed by atoms with Gasteiger partial charge in [-0.3, -0.25) is 9.80 Å². The molecule has 2 aromatic carbocycles. The Kier molecular flexibility index (Phi) is 7.48. The first kappa shape index (κ1) is 25.3. The standard InChI is InChI=1S/C29H31N3O4S/c1-19-4-3-5-22(16-19)26-18-36-29(35)32(26)24-12-14-31(15-13-24)17-23-8-11-27(30-20(23)2)37-25-9-6-21(7-10-25)28(33)34/h3-11,16,24,26H,12-15,17-18H2,1-2H3,(H,33,34). The maximum atomic E-state index is 12.6. The number of carboxylic acids is 1. The Morgan fingerprint density at radius 1 is 1.08 bits per heavy atom. The summed E-state index contributed by atoms with van der Waals surface area (Å²) < 4.78 is 5.47. The van der Waals surface area contributed by atoms with Crippen molar-refractivity contribution in [3.63, 3.8) is 0 Å². The molecule has 0 spiro atoms. The zero-order valence-corrected chi connectivity index (χ0v) is 21.9. The normalized spacial score (nSPS) is 18.7. The minimum Gasteiger partial charge on any atom is -0.478 e. The summed E-state index contributed by atoms with van der Waals surface area (Å²) in [6, 6.07) is 19.5. The van der Waals surface area contributed by atoms with Crippen LogP contribution in [0.4, 0.5) is 4.79 Å². The zero-order chi connectivity index (χ0) is 25.9. The number of nitrogens with zero attached hydrogens (tertiary/aromatic N) is 3. The number of cyclic esters (lactones) is 1. The van der Waals surface area contributed by atoms with Crippen molar-refractivity contribution in [2.24, 2.45) is 0 Å². The monoisotopic (exact) mass is 517 g/mol. The molecule has 8 heteroatoms. The van der Waals surface area contributed by atoms with Gasteiger partial charge in [0.1, 0.15) is 11.6 Å². The van der Waals surface area contributed by atoms with Gasteiger partial charge in [0, 0.05) is 36.3 Å². The van der Waals surface area contributed by atoms with Crippen LogP contribution in [0, 0.1) is 13.8 Å². The number of amides is 1. The molecule has 192 valence electrons. The highest BCUT2D eigenvalue weighted by Crippen LogP contribution is 2.34. The number of hydrogen-bond donors (Lipinski definition) is 1. The van der Waals surface area contributed by atoms with Gasteiger partial charge in [-0.15, -0.1) is 0 Å². The number of carbonyl (C=O) groups excluding carboxylic acids is 1. The number of aryl methyl sites for hydroxylation is 2. The Morgan fingerprint density at radius 3 is 2.51 bits per heavy atom. The summed E-state index contributed by atoms with van der Waals surface area (Å²) in [5.74, 6) is -0.926. The molecule has 1 atom stereocenters. The lowest BCUT2D eigenvalue weighted by Gasteiger charge is -2.38. The molecule has 3 aromatic rings. The van der Waals surface area contributed by atoms with E-state index in [1.807, 2.05) is 36.1 Å². The van der Waals surface area contributed by atoms with E-state index < -0.39 is 5.97 Å². The molecule has 1 unspecified atom stereocenters. The van der Waals surface area contributed by atoms with Crippen molar-refractivity contribution >= 4 is 23.8 Å². The van der Waals surface area contributed by atoms with Gasteiger partial charge in [-0.1, -0.05) is 47.7 Å². The molecule has 1 aromatic heterocycles. The number of ether oxygens (including phenoxy) is 1. The van der Waals surface area contributed by atoms with E-state index >= 15 is 0 Å². The lowest BCUT2D eigenvalue weighted by atomic mass is 9.98. The van der Waals surface area contributed by atoms with Gasteiger partial charge >= 0.3 is 12.1 Å². The lowest BCUT2D eigenvalue weighted by Crippen LogP contribution is -2.46. The average molecular weight is 518 g/mol.